The van der Waals surface area contributed by atoms with E-state index in [1.165, 1.54) is 130 Å². The summed E-state index contributed by atoms with van der Waals surface area (Å²) < 4.78 is 78.0. The molecule has 24 bridgehead atoms. The molecule has 8 aromatic rings. The van der Waals surface area contributed by atoms with E-state index in [9.17, 15) is 39.6 Å². The Morgan fingerprint density at radius 2 is 0.478 bits per heavy atom. The topological polar surface area (TPSA) is 260 Å². The number of phenols is 4. The van der Waals surface area contributed by atoms with Crippen molar-refractivity contribution in [2.45, 2.75) is 256 Å². The molecule has 24 unspecified atom stereocenters. The Bertz CT molecular complexity index is 5210. The fraction of sp³-hybridized carbons (Fsp3) is 0.552. The van der Waals surface area contributed by atoms with Crippen LogP contribution in [0.2, 0.25) is 0 Å². The highest BCUT2D eigenvalue weighted by Crippen LogP contribution is 2.71. The Morgan fingerprint density at radius 3 is 0.654 bits per heavy atom. The predicted molar refractivity (Wildman–Crippen MR) is 512 cm³/mol. The minimum atomic E-state index is -1.07. The van der Waals surface area contributed by atoms with Gasteiger partial charge in [-0.05, 0) is 316 Å². The van der Waals surface area contributed by atoms with Gasteiger partial charge in [0.2, 0.25) is 0 Å². The van der Waals surface area contributed by atoms with E-state index in [1.54, 1.807) is 48.5 Å². The van der Waals surface area contributed by atoms with E-state index in [2.05, 4.69) is 55.4 Å². The van der Waals surface area contributed by atoms with Crippen LogP contribution in [0, 0.1) is 92.7 Å². The lowest BCUT2D eigenvalue weighted by molar-refractivity contribution is -0.249. The third-order valence-corrected chi connectivity index (χ3v) is 36.9. The highest BCUT2D eigenvalue weighted by Gasteiger charge is 2.66. The molecular weight excluding hydrogens is 1710 g/mol. The lowest BCUT2D eigenvalue weighted by Gasteiger charge is -2.64. The summed E-state index contributed by atoms with van der Waals surface area (Å²) in [4.78, 5) is 58.7. The second kappa shape index (κ2) is 35.0. The first-order chi connectivity index (χ1) is 65.4. The van der Waals surface area contributed by atoms with Crippen LogP contribution >= 0.6 is 0 Å². The van der Waals surface area contributed by atoms with Crippen molar-refractivity contribution in [2.75, 3.05) is 55.6 Å². The molecule has 17 aliphatic rings. The lowest BCUT2D eigenvalue weighted by atomic mass is 9.44. The van der Waals surface area contributed by atoms with Gasteiger partial charge in [-0.1, -0.05) is 130 Å². The zero-order valence-corrected chi connectivity index (χ0v) is 81.2. The first-order valence-corrected chi connectivity index (χ1v) is 50.7. The van der Waals surface area contributed by atoms with Crippen LogP contribution in [0.5, 0.6) is 46.0 Å². The molecular formula is C116H136O20. The number of carbonyl (C=O) groups excluding carboxylic acids is 4. The summed E-state index contributed by atoms with van der Waals surface area (Å²) in [6.45, 7) is 17.7. The highest BCUT2D eigenvalue weighted by molar-refractivity contribution is 5.91. The van der Waals surface area contributed by atoms with Crippen molar-refractivity contribution in [3.63, 3.8) is 0 Å². The molecule has 720 valence electrons. The maximum absolute atomic E-state index is 14.7. The summed E-state index contributed by atoms with van der Waals surface area (Å²) in [6, 6.07) is 41.5. The smallest absolute Gasteiger partial charge is 0.340 e. The molecule has 4 N–H and O–H groups in total. The van der Waals surface area contributed by atoms with Gasteiger partial charge in [-0.25, -0.2) is 19.2 Å². The van der Waals surface area contributed by atoms with Crippen molar-refractivity contribution in [2.24, 2.45) is 92.7 Å². The molecule has 20 heteroatoms. The van der Waals surface area contributed by atoms with E-state index >= 15 is 0 Å². The van der Waals surface area contributed by atoms with E-state index < -0.39 is 47.5 Å². The Balaban J connectivity index is 0.702. The number of rotatable bonds is 28. The standard InChI is InChI=1S/C116H136O20/c1-13-89-77-33-65-45-109(5,53-77)57-113(89,49-65)133-61-129-105(121)73-25-17-69(18-26-73)101-81-37-86(98(126-10)41-93(81)117)103(71-21-29-75(30-22-71)107(123)131-63-135-115-51-67-35-79(91(115)15-3)55-111(7,47-67)59-115)83-39-88(100(128-12)43-95(83)119)104(72-23-31-76(32-24-72)108(124)132-64-136-116-52-68-36-80(92(116)16-4)56-112(8,48-68)60-116)84-40-87(99(127-11)44-96(84)120)102(82-38-85(101)97(125-9)42-94(82)118)70-19-27-74(28-20-70)106(122)130-62-134-114-50-66-34-78(90(114)14-2)54-110(6,46-66)58-114/h17-32,37-44,65-68,77-80,89-92,101-104,117-120H,13-16,33-36,45-64H2,1-12H3. The van der Waals surface area contributed by atoms with Crippen LogP contribution < -0.4 is 18.9 Å². The van der Waals surface area contributed by atoms with Crippen LogP contribution in [-0.4, -0.2) is 122 Å². The molecule has 0 amide bonds. The number of hydrogen-bond donors (Lipinski definition) is 4. The van der Waals surface area contributed by atoms with Crippen LogP contribution in [-0.2, 0) is 37.9 Å². The molecule has 136 heavy (non-hydrogen) atoms. The molecule has 16 fully saturated rings. The molecule has 8 aromatic carbocycles. The van der Waals surface area contributed by atoms with Crippen molar-refractivity contribution in [1.82, 2.24) is 0 Å². The summed E-state index contributed by atoms with van der Waals surface area (Å²) in [7, 11) is 6.01. The van der Waals surface area contributed by atoms with Crippen molar-refractivity contribution in [3.8, 4) is 46.0 Å². The van der Waals surface area contributed by atoms with Gasteiger partial charge < -0.3 is 77.3 Å². The SMILES string of the molecule is CCC1C2CC3CC(C)(C2)CC1(OCOC(=O)c1ccc(C2c4cc(c(OC)cc4O)C(c4ccc(C(=O)OCOC56CC7CC(CC(C)(C7)C5)C6CC)cc4)c4cc(c(OC)cc4O)C(c4ccc(C(=O)OCOC56CC7CC(CC(C)(C7)C5)C6CC)cc4)c4cc(c(OC)cc4O)C(c4ccc(C(=O)OCOC56CC7CC(CC(C)(C7)C5)C6CC)cc4)c4cc2c(OC)cc4O)cc1)C3. The minimum absolute atomic E-state index is 0.183. The van der Waals surface area contributed by atoms with E-state index in [-0.39, 0.29) is 139 Å². The number of methoxy groups -OCH3 is 4. The van der Waals surface area contributed by atoms with Crippen LogP contribution in [0.25, 0.3) is 0 Å². The minimum Gasteiger partial charge on any atom is -0.507 e. The lowest BCUT2D eigenvalue weighted by Crippen LogP contribution is -2.61. The van der Waals surface area contributed by atoms with Crippen LogP contribution in [0.1, 0.15) is 341 Å². The number of fused-ring (bicyclic) bond motifs is 8. The zero-order valence-electron chi connectivity index (χ0n) is 81.2. The third-order valence-electron chi connectivity index (χ3n) is 36.9. The summed E-state index contributed by atoms with van der Waals surface area (Å²) in [6.07, 6.45) is 25.9. The highest BCUT2D eigenvalue weighted by atomic mass is 16.7. The Labute approximate surface area is 800 Å². The average molecular weight is 1850 g/mol. The second-order valence-electron chi connectivity index (χ2n) is 45.8. The molecule has 0 heterocycles. The molecule has 0 radical (unpaired) electrons. The average Bonchev–Trinajstić information content (AvgIpc) is 0.718. The monoisotopic (exact) mass is 1850 g/mol. The number of carbonyl (C=O) groups is 4. The summed E-state index contributed by atoms with van der Waals surface area (Å²) in [5, 5.41) is 53.5. The Hall–Kier alpha value is -10.1. The van der Waals surface area contributed by atoms with Gasteiger partial charge in [0.25, 0.3) is 0 Å². The first-order valence-electron chi connectivity index (χ1n) is 50.7. The fourth-order valence-electron chi connectivity index (χ4n) is 33.6. The number of aromatic hydroxyl groups is 4. The molecule has 20 nitrogen and oxygen atoms in total. The zero-order chi connectivity index (χ0) is 94.7. The Kier molecular flexibility index (Phi) is 23.8. The number of esters is 4. The van der Waals surface area contributed by atoms with E-state index in [1.807, 2.05) is 72.8 Å². The Morgan fingerprint density at radius 1 is 0.279 bits per heavy atom. The van der Waals surface area contributed by atoms with Gasteiger partial charge in [0, 0.05) is 92.4 Å². The number of benzene rings is 8. The van der Waals surface area contributed by atoms with Gasteiger partial charge in [-0.15, -0.1) is 0 Å². The molecule has 25 rings (SSSR count). The molecule has 17 aliphatic carbocycles. The maximum atomic E-state index is 14.7. The van der Waals surface area contributed by atoms with Crippen LogP contribution in [0.4, 0.5) is 0 Å². The molecule has 0 aromatic heterocycles. The molecule has 0 spiro atoms. The molecule has 0 aliphatic heterocycles. The van der Waals surface area contributed by atoms with Gasteiger partial charge in [-0.3, -0.25) is 0 Å². The number of hydrogen-bond acceptors (Lipinski definition) is 20. The first kappa shape index (κ1) is 92.2. The predicted octanol–water partition coefficient (Wildman–Crippen LogP) is 24.1. The molecule has 0 saturated heterocycles. The van der Waals surface area contributed by atoms with Crippen LogP contribution in [0.3, 0.4) is 0 Å². The number of ether oxygens (including phenoxy) is 12. The van der Waals surface area contributed by atoms with Crippen molar-refractivity contribution in [3.05, 3.63) is 235 Å². The second-order valence-corrected chi connectivity index (χ2v) is 45.8. The fourth-order valence-corrected chi connectivity index (χ4v) is 33.6. The van der Waals surface area contributed by atoms with Gasteiger partial charge in [0.15, 0.2) is 27.2 Å². The van der Waals surface area contributed by atoms with E-state index in [4.69, 9.17) is 56.8 Å². The van der Waals surface area contributed by atoms with E-state index in [0.717, 1.165) is 77.0 Å². The van der Waals surface area contributed by atoms with Crippen molar-refractivity contribution in [1.29, 1.82) is 0 Å². The normalized spacial score (nSPS) is 34.6. The molecule has 16 saturated carbocycles. The quantitative estimate of drug-likeness (QED) is 0.0202. The van der Waals surface area contributed by atoms with Crippen LogP contribution in [0.15, 0.2) is 146 Å². The van der Waals surface area contributed by atoms with E-state index in [0.29, 0.717) is 138 Å². The van der Waals surface area contributed by atoms with Crippen molar-refractivity contribution < 1.29 is 96.4 Å². The largest absolute Gasteiger partial charge is 0.507 e. The number of phenolic OH excluding ortho intramolecular Hbond substituents is 4. The maximum Gasteiger partial charge on any atom is 0.340 e. The van der Waals surface area contributed by atoms with Gasteiger partial charge >= 0.3 is 23.9 Å². The summed E-state index contributed by atoms with van der Waals surface area (Å²) >= 11 is 0. The van der Waals surface area contributed by atoms with Crippen molar-refractivity contribution >= 4 is 23.9 Å². The van der Waals surface area contributed by atoms with Gasteiger partial charge in [0.1, 0.15) is 46.0 Å². The van der Waals surface area contributed by atoms with Gasteiger partial charge in [0.05, 0.1) is 73.1 Å². The third kappa shape index (κ3) is 16.0. The summed E-state index contributed by atoms with van der Waals surface area (Å²) in [5.41, 5.74) is 5.25. The summed E-state index contributed by atoms with van der Waals surface area (Å²) in [5.74, 6) is -0.677. The van der Waals surface area contributed by atoms with Gasteiger partial charge in [-0.2, -0.15) is 0 Å². The molecule has 24 atom stereocenters.